The minimum absolute atomic E-state index is 0.149. The number of primary amides is 1. The van der Waals surface area contributed by atoms with Crippen molar-refractivity contribution in [1.29, 1.82) is 0 Å². The minimum Gasteiger partial charge on any atom is -0.488 e. The molecule has 0 radical (unpaired) electrons. The van der Waals surface area contributed by atoms with Crippen molar-refractivity contribution in [3.63, 3.8) is 0 Å². The third-order valence-corrected chi connectivity index (χ3v) is 5.88. The maximum atomic E-state index is 12.0. The number of hydrogen-bond acceptors (Lipinski definition) is 5. The second-order valence-electron chi connectivity index (χ2n) is 9.16. The highest BCUT2D eigenvalue weighted by Gasteiger charge is 2.24. The van der Waals surface area contributed by atoms with Gasteiger partial charge in [0, 0.05) is 11.6 Å². The molecule has 0 spiro atoms. The van der Waals surface area contributed by atoms with Gasteiger partial charge in [0.2, 0.25) is 0 Å². The predicted molar refractivity (Wildman–Crippen MR) is 140 cm³/mol. The summed E-state index contributed by atoms with van der Waals surface area (Å²) in [5.74, 6) is 1.63. The molecule has 6 heteroatoms. The molecule has 0 aliphatic carbocycles. The van der Waals surface area contributed by atoms with Crippen LogP contribution in [0.2, 0.25) is 0 Å². The van der Waals surface area contributed by atoms with E-state index in [1.807, 2.05) is 79.7 Å². The van der Waals surface area contributed by atoms with Gasteiger partial charge in [-0.2, -0.15) is 0 Å². The molecule has 186 valence electrons. The maximum absolute atomic E-state index is 12.0. The molecule has 0 unspecified atom stereocenters. The summed E-state index contributed by atoms with van der Waals surface area (Å²) in [5, 5.41) is 3.97. The van der Waals surface area contributed by atoms with Crippen LogP contribution in [0.1, 0.15) is 53.5 Å². The Morgan fingerprint density at radius 1 is 0.917 bits per heavy atom. The van der Waals surface area contributed by atoms with Crippen LogP contribution in [0.3, 0.4) is 0 Å². The quantitative estimate of drug-likeness (QED) is 0.268. The molecule has 1 amide bonds. The molecule has 0 saturated heterocycles. The van der Waals surface area contributed by atoms with Crippen molar-refractivity contribution in [2.24, 2.45) is 11.7 Å². The first-order valence-corrected chi connectivity index (χ1v) is 12.2. The number of aromatic nitrogens is 1. The third-order valence-electron chi connectivity index (χ3n) is 5.88. The summed E-state index contributed by atoms with van der Waals surface area (Å²) in [6, 6.07) is 24.0. The molecule has 2 N–H and O–H groups in total. The molecule has 0 aliphatic heterocycles. The van der Waals surface area contributed by atoms with E-state index in [1.54, 1.807) is 0 Å². The number of ether oxygens (including phenoxy) is 2. The largest absolute Gasteiger partial charge is 0.488 e. The smallest absolute Gasteiger partial charge is 0.271 e. The second kappa shape index (κ2) is 11.6. The average Bonchev–Trinajstić information content (AvgIpc) is 3.32. The Morgan fingerprint density at radius 2 is 1.50 bits per heavy atom. The average molecular weight is 485 g/mol. The van der Waals surface area contributed by atoms with Gasteiger partial charge in [-0.25, -0.2) is 0 Å². The lowest BCUT2D eigenvalue weighted by molar-refractivity contribution is 0.0991. The molecule has 4 aromatic rings. The Morgan fingerprint density at radius 3 is 2.03 bits per heavy atom. The van der Waals surface area contributed by atoms with Gasteiger partial charge in [0.1, 0.15) is 24.7 Å². The van der Waals surface area contributed by atoms with Crippen LogP contribution in [0.25, 0.3) is 11.3 Å². The van der Waals surface area contributed by atoms with Gasteiger partial charge in [0.25, 0.3) is 5.91 Å². The lowest BCUT2D eigenvalue weighted by Gasteiger charge is -2.18. The minimum atomic E-state index is -0.612. The molecular formula is C30H32N2O4. The van der Waals surface area contributed by atoms with Crippen LogP contribution in [0.4, 0.5) is 0 Å². The van der Waals surface area contributed by atoms with Crippen LogP contribution in [-0.2, 0) is 26.1 Å². The van der Waals surface area contributed by atoms with E-state index in [0.29, 0.717) is 42.6 Å². The van der Waals surface area contributed by atoms with Crippen LogP contribution < -0.4 is 15.2 Å². The number of carbonyl (C=O) groups excluding carboxylic acids is 1. The molecule has 1 aromatic heterocycles. The fourth-order valence-electron chi connectivity index (χ4n) is 4.15. The van der Waals surface area contributed by atoms with Crippen molar-refractivity contribution in [3.8, 4) is 22.8 Å². The highest BCUT2D eigenvalue weighted by molar-refractivity contribution is 5.94. The highest BCUT2D eigenvalue weighted by Crippen LogP contribution is 2.40. The Balaban J connectivity index is 1.79. The van der Waals surface area contributed by atoms with Crippen molar-refractivity contribution in [1.82, 2.24) is 5.16 Å². The molecule has 0 atom stereocenters. The molecule has 0 fully saturated rings. The topological polar surface area (TPSA) is 87.6 Å². The van der Waals surface area contributed by atoms with E-state index in [-0.39, 0.29) is 5.69 Å². The van der Waals surface area contributed by atoms with Gasteiger partial charge in [-0.1, -0.05) is 86.6 Å². The van der Waals surface area contributed by atoms with Crippen LogP contribution in [0.15, 0.2) is 77.3 Å². The first-order valence-electron chi connectivity index (χ1n) is 12.2. The molecule has 6 nitrogen and oxygen atoms in total. The molecular weight excluding hydrogens is 452 g/mol. The zero-order valence-corrected chi connectivity index (χ0v) is 21.0. The van der Waals surface area contributed by atoms with Crippen molar-refractivity contribution in [3.05, 3.63) is 101 Å². The third kappa shape index (κ3) is 5.95. The summed E-state index contributed by atoms with van der Waals surface area (Å²) in [6.45, 7) is 7.08. The Kier molecular flexibility index (Phi) is 8.06. The van der Waals surface area contributed by atoms with E-state index < -0.39 is 5.91 Å². The van der Waals surface area contributed by atoms with Gasteiger partial charge in [-0.3, -0.25) is 4.79 Å². The number of hydrogen-bond donors (Lipinski definition) is 1. The maximum Gasteiger partial charge on any atom is 0.271 e. The normalized spacial score (nSPS) is 11.0. The number of carbonyl (C=O) groups is 1. The van der Waals surface area contributed by atoms with Gasteiger partial charge in [0.05, 0.1) is 5.56 Å². The summed E-state index contributed by atoms with van der Waals surface area (Å²) < 4.78 is 18.3. The summed E-state index contributed by atoms with van der Waals surface area (Å²) in [5.41, 5.74) is 10.2. The zero-order valence-electron chi connectivity index (χ0n) is 21.0. The van der Waals surface area contributed by atoms with Gasteiger partial charge in [-0.15, -0.1) is 0 Å². The molecule has 0 bridgehead atoms. The van der Waals surface area contributed by atoms with Crippen LogP contribution in [-0.4, -0.2) is 11.1 Å². The molecule has 0 saturated carbocycles. The highest BCUT2D eigenvalue weighted by atomic mass is 16.5. The molecule has 4 rings (SSSR count). The van der Waals surface area contributed by atoms with E-state index in [9.17, 15) is 4.79 Å². The first-order chi connectivity index (χ1) is 17.5. The van der Waals surface area contributed by atoms with E-state index >= 15 is 0 Å². The number of rotatable bonds is 11. The van der Waals surface area contributed by atoms with Crippen LogP contribution in [0, 0.1) is 5.92 Å². The van der Waals surface area contributed by atoms with E-state index in [0.717, 1.165) is 34.4 Å². The van der Waals surface area contributed by atoms with Gasteiger partial charge >= 0.3 is 0 Å². The second-order valence-corrected chi connectivity index (χ2v) is 9.16. The fraction of sp³-hybridized carbons (Fsp3) is 0.267. The lowest BCUT2D eigenvalue weighted by atomic mass is 9.96. The van der Waals surface area contributed by atoms with Crippen molar-refractivity contribution in [2.45, 2.75) is 46.8 Å². The number of benzene rings is 3. The summed E-state index contributed by atoms with van der Waals surface area (Å²) >= 11 is 0. The molecule has 3 aromatic carbocycles. The Labute approximate surface area is 212 Å². The Hall–Kier alpha value is -4.06. The van der Waals surface area contributed by atoms with Crippen molar-refractivity contribution < 1.29 is 18.8 Å². The summed E-state index contributed by atoms with van der Waals surface area (Å²) in [4.78, 5) is 12.0. The molecule has 0 aliphatic rings. The van der Waals surface area contributed by atoms with Gasteiger partial charge < -0.3 is 19.7 Å². The Bertz CT molecular complexity index is 1300. The number of amides is 1. The van der Waals surface area contributed by atoms with Crippen molar-refractivity contribution in [2.75, 3.05) is 0 Å². The standard InChI is InChI=1S/C30H32N2O4/c1-4-24-28(30(31)33)32-36-29(24)25-16-23(15-20(2)3)26(34-18-21-11-7-5-8-12-21)17-27(25)35-19-22-13-9-6-10-14-22/h5-14,16-17,20H,4,15,18-19H2,1-3H3,(H2,31,33). The monoisotopic (exact) mass is 484 g/mol. The van der Waals surface area contributed by atoms with E-state index in [1.165, 1.54) is 0 Å². The summed E-state index contributed by atoms with van der Waals surface area (Å²) in [7, 11) is 0. The zero-order chi connectivity index (χ0) is 25.5. The van der Waals surface area contributed by atoms with Crippen LogP contribution in [0.5, 0.6) is 11.5 Å². The van der Waals surface area contributed by atoms with Crippen LogP contribution >= 0.6 is 0 Å². The predicted octanol–water partition coefficient (Wildman–Crippen LogP) is 6.36. The SMILES string of the molecule is CCc1c(C(N)=O)noc1-c1cc(CC(C)C)c(OCc2ccccc2)cc1OCc1ccccc1. The summed E-state index contributed by atoms with van der Waals surface area (Å²) in [6.07, 6.45) is 1.34. The number of nitrogens with two attached hydrogens (primary N) is 1. The lowest BCUT2D eigenvalue weighted by Crippen LogP contribution is -2.13. The molecule has 1 heterocycles. The van der Waals surface area contributed by atoms with E-state index in [2.05, 4.69) is 19.0 Å². The molecule has 36 heavy (non-hydrogen) atoms. The fourth-order valence-corrected chi connectivity index (χ4v) is 4.15. The van der Waals surface area contributed by atoms with Crippen molar-refractivity contribution >= 4 is 5.91 Å². The number of nitrogens with zero attached hydrogens (tertiary/aromatic N) is 1. The van der Waals surface area contributed by atoms with Gasteiger partial charge in [0.15, 0.2) is 11.5 Å². The van der Waals surface area contributed by atoms with Gasteiger partial charge in [-0.05, 0) is 41.5 Å². The first kappa shape index (κ1) is 25.0. The van der Waals surface area contributed by atoms with E-state index in [4.69, 9.17) is 19.7 Å².